The third kappa shape index (κ3) is 7.03. The lowest BCUT2D eigenvalue weighted by atomic mass is 10.2. The maximum absolute atomic E-state index is 5.66. The van der Waals surface area contributed by atoms with Crippen LogP contribution in [-0.4, -0.2) is 46.5 Å². The van der Waals surface area contributed by atoms with Gasteiger partial charge in [0.1, 0.15) is 0 Å². The summed E-state index contributed by atoms with van der Waals surface area (Å²) in [5.74, 6) is 3.02. The van der Waals surface area contributed by atoms with Gasteiger partial charge in [-0.25, -0.2) is 4.99 Å². The van der Waals surface area contributed by atoms with Crippen LogP contribution in [0.5, 0.6) is 11.5 Å². The number of hydrogen-bond acceptors (Lipinski definition) is 4. The molecule has 2 N–H and O–H groups in total. The summed E-state index contributed by atoms with van der Waals surface area (Å²) in [4.78, 5) is 4.66. The SMILES string of the molecule is CCNC(=NCc1cc(OC)c(OC)cc1Br)NCCCOCC1CC1. The lowest BCUT2D eigenvalue weighted by Crippen LogP contribution is -2.38. The van der Waals surface area contributed by atoms with Crippen molar-refractivity contribution in [2.75, 3.05) is 40.5 Å². The Balaban J connectivity index is 1.84. The molecule has 0 amide bonds. The molecule has 0 radical (unpaired) electrons. The first-order chi connectivity index (χ1) is 12.7. The summed E-state index contributed by atoms with van der Waals surface area (Å²) < 4.78 is 17.3. The number of nitrogens with zero attached hydrogens (tertiary/aromatic N) is 1. The van der Waals surface area contributed by atoms with Gasteiger partial charge in [0.2, 0.25) is 0 Å². The highest BCUT2D eigenvalue weighted by molar-refractivity contribution is 9.10. The van der Waals surface area contributed by atoms with Crippen LogP contribution in [0.3, 0.4) is 0 Å². The van der Waals surface area contributed by atoms with Crippen molar-refractivity contribution in [1.29, 1.82) is 0 Å². The zero-order valence-corrected chi connectivity index (χ0v) is 17.5. The number of aliphatic imine (C=N–C) groups is 1. The molecule has 6 nitrogen and oxygen atoms in total. The molecule has 1 aromatic rings. The normalized spacial score (nSPS) is 14.2. The Kier molecular flexibility index (Phi) is 9.05. The van der Waals surface area contributed by atoms with E-state index in [4.69, 9.17) is 14.2 Å². The molecule has 0 bridgehead atoms. The Bertz CT molecular complexity index is 592. The zero-order valence-electron chi connectivity index (χ0n) is 15.9. The summed E-state index contributed by atoms with van der Waals surface area (Å²) >= 11 is 3.58. The molecule has 1 saturated carbocycles. The molecule has 0 atom stereocenters. The van der Waals surface area contributed by atoms with Crippen LogP contribution in [0.15, 0.2) is 21.6 Å². The number of ether oxygens (including phenoxy) is 3. The molecule has 0 saturated heterocycles. The van der Waals surface area contributed by atoms with Crippen LogP contribution in [0.2, 0.25) is 0 Å². The average molecular weight is 428 g/mol. The topological polar surface area (TPSA) is 64.1 Å². The summed E-state index contributed by atoms with van der Waals surface area (Å²) in [6.45, 7) is 5.96. The van der Waals surface area contributed by atoms with Gasteiger partial charge in [0.15, 0.2) is 17.5 Å². The smallest absolute Gasteiger partial charge is 0.191 e. The molecule has 7 heteroatoms. The van der Waals surface area contributed by atoms with Crippen LogP contribution in [0, 0.1) is 5.92 Å². The van der Waals surface area contributed by atoms with Gasteiger partial charge in [-0.05, 0) is 49.8 Å². The van der Waals surface area contributed by atoms with Gasteiger partial charge in [-0.15, -0.1) is 0 Å². The van der Waals surface area contributed by atoms with E-state index in [0.717, 1.165) is 54.6 Å². The predicted molar refractivity (Wildman–Crippen MR) is 108 cm³/mol. The van der Waals surface area contributed by atoms with Crippen LogP contribution in [-0.2, 0) is 11.3 Å². The largest absolute Gasteiger partial charge is 0.493 e. The molecule has 1 aliphatic rings. The molecule has 26 heavy (non-hydrogen) atoms. The van der Waals surface area contributed by atoms with Crippen LogP contribution in [0.1, 0.15) is 31.7 Å². The maximum Gasteiger partial charge on any atom is 0.191 e. The summed E-state index contributed by atoms with van der Waals surface area (Å²) in [5, 5.41) is 6.62. The van der Waals surface area contributed by atoms with Gasteiger partial charge in [-0.1, -0.05) is 15.9 Å². The molecule has 146 valence electrons. The summed E-state index contributed by atoms with van der Waals surface area (Å²) in [6.07, 6.45) is 3.64. The monoisotopic (exact) mass is 427 g/mol. The van der Waals surface area contributed by atoms with Crippen LogP contribution in [0.25, 0.3) is 0 Å². The van der Waals surface area contributed by atoms with E-state index in [9.17, 15) is 0 Å². The Morgan fingerprint density at radius 1 is 1.19 bits per heavy atom. The fourth-order valence-electron chi connectivity index (χ4n) is 2.44. The minimum absolute atomic E-state index is 0.536. The first kappa shape index (κ1) is 20.8. The number of hydrogen-bond donors (Lipinski definition) is 2. The zero-order chi connectivity index (χ0) is 18.8. The lowest BCUT2D eigenvalue weighted by Gasteiger charge is -2.13. The van der Waals surface area contributed by atoms with E-state index in [0.29, 0.717) is 18.0 Å². The van der Waals surface area contributed by atoms with E-state index in [-0.39, 0.29) is 0 Å². The highest BCUT2D eigenvalue weighted by Gasteiger charge is 2.20. The first-order valence-electron chi connectivity index (χ1n) is 9.18. The van der Waals surface area contributed by atoms with Crippen molar-refractivity contribution in [2.24, 2.45) is 10.9 Å². The van der Waals surface area contributed by atoms with Gasteiger partial charge in [0, 0.05) is 30.8 Å². The third-order valence-corrected chi connectivity index (χ3v) is 4.85. The molecule has 1 fully saturated rings. The number of methoxy groups -OCH3 is 2. The third-order valence-electron chi connectivity index (χ3n) is 4.11. The Hall–Kier alpha value is -1.47. The van der Waals surface area contributed by atoms with Crippen molar-refractivity contribution in [2.45, 2.75) is 32.7 Å². The van der Waals surface area contributed by atoms with Crippen molar-refractivity contribution in [1.82, 2.24) is 10.6 Å². The van der Waals surface area contributed by atoms with Gasteiger partial charge in [-0.3, -0.25) is 0 Å². The molecule has 2 rings (SSSR count). The molecule has 0 aliphatic heterocycles. The standard InChI is InChI=1S/C19H30BrN3O3/c1-4-21-19(22-8-5-9-26-13-14-6-7-14)23-12-15-10-17(24-2)18(25-3)11-16(15)20/h10-11,14H,4-9,12-13H2,1-3H3,(H2,21,22,23). The second kappa shape index (κ2) is 11.3. The molecule has 0 spiro atoms. The van der Waals surface area contributed by atoms with Crippen LogP contribution in [0.4, 0.5) is 0 Å². The number of nitrogens with one attached hydrogen (secondary N) is 2. The Morgan fingerprint density at radius 2 is 1.92 bits per heavy atom. The fourth-order valence-corrected chi connectivity index (χ4v) is 2.89. The highest BCUT2D eigenvalue weighted by atomic mass is 79.9. The van der Waals surface area contributed by atoms with Crippen LogP contribution >= 0.6 is 15.9 Å². The quantitative estimate of drug-likeness (QED) is 0.322. The number of guanidine groups is 1. The minimum atomic E-state index is 0.536. The van der Waals surface area contributed by atoms with Crippen molar-refractivity contribution in [3.63, 3.8) is 0 Å². The van der Waals surface area contributed by atoms with Gasteiger partial charge in [0.05, 0.1) is 20.8 Å². The van der Waals surface area contributed by atoms with Crippen molar-refractivity contribution in [3.8, 4) is 11.5 Å². The number of benzene rings is 1. The predicted octanol–water partition coefficient (Wildman–Crippen LogP) is 3.34. The molecule has 0 aromatic heterocycles. The second-order valence-electron chi connectivity index (χ2n) is 6.29. The molecular weight excluding hydrogens is 398 g/mol. The maximum atomic E-state index is 5.66. The molecular formula is C19H30BrN3O3. The average Bonchev–Trinajstić information content (AvgIpc) is 3.47. The molecule has 0 heterocycles. The van der Waals surface area contributed by atoms with E-state index in [2.05, 4.69) is 38.5 Å². The second-order valence-corrected chi connectivity index (χ2v) is 7.15. The van der Waals surface area contributed by atoms with Crippen molar-refractivity contribution >= 4 is 21.9 Å². The van der Waals surface area contributed by atoms with E-state index >= 15 is 0 Å². The minimum Gasteiger partial charge on any atom is -0.493 e. The lowest BCUT2D eigenvalue weighted by molar-refractivity contribution is 0.123. The molecule has 1 aliphatic carbocycles. The Morgan fingerprint density at radius 3 is 2.58 bits per heavy atom. The summed E-state index contributed by atoms with van der Waals surface area (Å²) in [7, 11) is 3.26. The summed E-state index contributed by atoms with van der Waals surface area (Å²) in [5.41, 5.74) is 1.03. The van der Waals surface area contributed by atoms with E-state index in [1.54, 1.807) is 14.2 Å². The van der Waals surface area contributed by atoms with Gasteiger partial charge < -0.3 is 24.8 Å². The van der Waals surface area contributed by atoms with Crippen molar-refractivity contribution in [3.05, 3.63) is 22.2 Å². The first-order valence-corrected chi connectivity index (χ1v) is 9.97. The number of halogens is 1. The highest BCUT2D eigenvalue weighted by Crippen LogP contribution is 2.33. The Labute approximate surface area is 164 Å². The fraction of sp³-hybridized carbons (Fsp3) is 0.632. The molecule has 0 unspecified atom stereocenters. The number of rotatable bonds is 11. The van der Waals surface area contributed by atoms with Crippen molar-refractivity contribution < 1.29 is 14.2 Å². The van der Waals surface area contributed by atoms with E-state index in [1.807, 2.05) is 12.1 Å². The van der Waals surface area contributed by atoms with E-state index < -0.39 is 0 Å². The van der Waals surface area contributed by atoms with Gasteiger partial charge >= 0.3 is 0 Å². The van der Waals surface area contributed by atoms with E-state index in [1.165, 1.54) is 12.8 Å². The summed E-state index contributed by atoms with van der Waals surface area (Å²) in [6, 6.07) is 3.85. The van der Waals surface area contributed by atoms with Crippen LogP contribution < -0.4 is 20.1 Å². The molecule has 1 aromatic carbocycles. The van der Waals surface area contributed by atoms with Gasteiger partial charge in [0.25, 0.3) is 0 Å². The van der Waals surface area contributed by atoms with Gasteiger partial charge in [-0.2, -0.15) is 0 Å².